The molecule has 16 heavy (non-hydrogen) atoms. The van der Waals surface area contributed by atoms with Gasteiger partial charge in [-0.2, -0.15) is 0 Å². The average molecular weight is 239 g/mol. The summed E-state index contributed by atoms with van der Waals surface area (Å²) in [7, 11) is 0. The van der Waals surface area contributed by atoms with E-state index in [0.717, 1.165) is 5.56 Å². The van der Waals surface area contributed by atoms with Gasteiger partial charge in [0.1, 0.15) is 11.6 Å². The normalized spacial score (nSPS) is 12.2. The lowest BCUT2D eigenvalue weighted by Crippen LogP contribution is -2.14. The van der Waals surface area contributed by atoms with Gasteiger partial charge in [0.05, 0.1) is 0 Å². The Balaban J connectivity index is 2.96. The summed E-state index contributed by atoms with van der Waals surface area (Å²) < 4.78 is 0. The van der Waals surface area contributed by atoms with Crippen LogP contribution < -0.4 is 0 Å². The number of hydrogen-bond acceptors (Lipinski definition) is 2. The molecule has 0 spiro atoms. The Morgan fingerprint density at radius 3 is 2.25 bits per heavy atom. The molecular formula is C13H15ClO2. The van der Waals surface area contributed by atoms with Gasteiger partial charge in [-0.25, -0.2) is 0 Å². The number of benzene rings is 1. The Hall–Kier alpha value is -1.15. The number of rotatable bonds is 5. The van der Waals surface area contributed by atoms with Gasteiger partial charge in [-0.1, -0.05) is 30.7 Å². The van der Waals surface area contributed by atoms with Crippen molar-refractivity contribution in [3.05, 3.63) is 34.9 Å². The van der Waals surface area contributed by atoms with Crippen molar-refractivity contribution < 1.29 is 9.59 Å². The molecule has 2 nitrogen and oxygen atoms in total. The maximum Gasteiger partial charge on any atom is 0.140 e. The molecule has 1 unspecified atom stereocenters. The van der Waals surface area contributed by atoms with Crippen LogP contribution in [0, 0.1) is 0 Å². The highest BCUT2D eigenvalue weighted by atomic mass is 35.5. The zero-order valence-electron chi connectivity index (χ0n) is 9.50. The van der Waals surface area contributed by atoms with Crippen molar-refractivity contribution in [1.82, 2.24) is 0 Å². The zero-order chi connectivity index (χ0) is 12.1. The first-order chi connectivity index (χ1) is 7.54. The molecular weight excluding hydrogens is 224 g/mol. The molecule has 0 aliphatic carbocycles. The van der Waals surface area contributed by atoms with E-state index in [2.05, 4.69) is 0 Å². The molecule has 1 rings (SSSR count). The molecule has 0 saturated heterocycles. The number of hydrogen-bond donors (Lipinski definition) is 0. The molecule has 0 heterocycles. The van der Waals surface area contributed by atoms with Crippen LogP contribution in [-0.4, -0.2) is 11.6 Å². The van der Waals surface area contributed by atoms with Crippen LogP contribution in [0.3, 0.4) is 0 Å². The molecule has 0 aromatic heterocycles. The first-order valence-corrected chi connectivity index (χ1v) is 5.70. The molecule has 1 atom stereocenters. The molecule has 0 saturated carbocycles. The molecule has 3 heteroatoms. The molecule has 1 aromatic carbocycles. The minimum atomic E-state index is -0.320. The monoisotopic (exact) mass is 238 g/mol. The quantitative estimate of drug-likeness (QED) is 0.788. The minimum absolute atomic E-state index is 0.0294. The number of ketones is 2. The van der Waals surface area contributed by atoms with E-state index in [1.807, 2.05) is 19.1 Å². The van der Waals surface area contributed by atoms with Crippen molar-refractivity contribution in [1.29, 1.82) is 0 Å². The van der Waals surface area contributed by atoms with Crippen molar-refractivity contribution in [2.75, 3.05) is 0 Å². The third-order valence-corrected chi connectivity index (χ3v) is 2.75. The highest BCUT2D eigenvalue weighted by Crippen LogP contribution is 2.24. The SMILES string of the molecule is CCC(=O)C(CC(C)=O)c1ccc(Cl)cc1. The Morgan fingerprint density at radius 1 is 1.25 bits per heavy atom. The third kappa shape index (κ3) is 3.46. The summed E-state index contributed by atoms with van der Waals surface area (Å²) in [5.41, 5.74) is 0.867. The fourth-order valence-electron chi connectivity index (χ4n) is 1.65. The van der Waals surface area contributed by atoms with E-state index in [4.69, 9.17) is 11.6 Å². The summed E-state index contributed by atoms with van der Waals surface area (Å²) in [6.45, 7) is 3.32. The molecule has 0 N–H and O–H groups in total. The Morgan fingerprint density at radius 2 is 1.81 bits per heavy atom. The molecule has 0 bridgehead atoms. The van der Waals surface area contributed by atoms with Gasteiger partial charge >= 0.3 is 0 Å². The second-order valence-electron chi connectivity index (χ2n) is 3.83. The average Bonchev–Trinajstić information content (AvgIpc) is 2.26. The molecule has 1 aromatic rings. The molecule has 86 valence electrons. The van der Waals surface area contributed by atoms with Crippen molar-refractivity contribution in [2.24, 2.45) is 0 Å². The lowest BCUT2D eigenvalue weighted by Gasteiger charge is -2.13. The second-order valence-corrected chi connectivity index (χ2v) is 4.27. The van der Waals surface area contributed by atoms with Crippen LogP contribution >= 0.6 is 11.6 Å². The van der Waals surface area contributed by atoms with E-state index in [1.54, 1.807) is 12.1 Å². The molecule has 0 fully saturated rings. The summed E-state index contributed by atoms with van der Waals surface area (Å²) in [5.74, 6) is -0.195. The fraction of sp³-hybridized carbons (Fsp3) is 0.385. The molecule has 0 aliphatic rings. The first-order valence-electron chi connectivity index (χ1n) is 5.32. The van der Waals surface area contributed by atoms with Crippen LogP contribution in [0.1, 0.15) is 38.2 Å². The Bertz CT molecular complexity index is 381. The van der Waals surface area contributed by atoms with Crippen LogP contribution in [-0.2, 0) is 9.59 Å². The lowest BCUT2D eigenvalue weighted by molar-refractivity contribution is -0.124. The highest BCUT2D eigenvalue weighted by Gasteiger charge is 2.20. The van der Waals surface area contributed by atoms with E-state index in [0.29, 0.717) is 11.4 Å². The topological polar surface area (TPSA) is 34.1 Å². The first kappa shape index (κ1) is 12.9. The Kier molecular flexibility index (Phi) is 4.69. The lowest BCUT2D eigenvalue weighted by atomic mass is 9.89. The van der Waals surface area contributed by atoms with Crippen LogP contribution in [0.15, 0.2) is 24.3 Å². The maximum atomic E-state index is 11.7. The van der Waals surface area contributed by atoms with Gasteiger partial charge in [0.2, 0.25) is 0 Å². The summed E-state index contributed by atoms with van der Waals surface area (Å²) in [5, 5.41) is 0.634. The molecule has 0 radical (unpaired) electrons. The predicted molar refractivity (Wildman–Crippen MR) is 64.8 cm³/mol. The third-order valence-electron chi connectivity index (χ3n) is 2.50. The van der Waals surface area contributed by atoms with Gasteiger partial charge < -0.3 is 0 Å². The standard InChI is InChI=1S/C13H15ClO2/c1-3-13(16)12(8-9(2)15)10-4-6-11(14)7-5-10/h4-7,12H,3,8H2,1-2H3. The van der Waals surface area contributed by atoms with Crippen LogP contribution in [0.4, 0.5) is 0 Å². The summed E-state index contributed by atoms with van der Waals surface area (Å²) in [6, 6.07) is 7.10. The summed E-state index contributed by atoms with van der Waals surface area (Å²) in [6.07, 6.45) is 0.717. The smallest absolute Gasteiger partial charge is 0.140 e. The minimum Gasteiger partial charge on any atom is -0.300 e. The number of Topliss-reactive ketones (excluding diaryl/α,β-unsaturated/α-hetero) is 2. The summed E-state index contributed by atoms with van der Waals surface area (Å²) >= 11 is 5.78. The Labute approximate surface area is 101 Å². The van der Waals surface area contributed by atoms with Gasteiger partial charge in [-0.15, -0.1) is 0 Å². The van der Waals surface area contributed by atoms with Crippen LogP contribution in [0.25, 0.3) is 0 Å². The van der Waals surface area contributed by atoms with Gasteiger partial charge in [0.25, 0.3) is 0 Å². The van der Waals surface area contributed by atoms with Crippen LogP contribution in [0.5, 0.6) is 0 Å². The number of carbonyl (C=O) groups excluding carboxylic acids is 2. The van der Waals surface area contributed by atoms with E-state index >= 15 is 0 Å². The van der Waals surface area contributed by atoms with E-state index in [1.165, 1.54) is 6.92 Å². The predicted octanol–water partition coefficient (Wildman–Crippen LogP) is 3.38. The number of halogens is 1. The van der Waals surface area contributed by atoms with Gasteiger partial charge in [-0.05, 0) is 24.6 Å². The van der Waals surface area contributed by atoms with Crippen molar-refractivity contribution in [3.63, 3.8) is 0 Å². The summed E-state index contributed by atoms with van der Waals surface area (Å²) in [4.78, 5) is 22.9. The van der Waals surface area contributed by atoms with Crippen LogP contribution in [0.2, 0.25) is 5.02 Å². The van der Waals surface area contributed by atoms with Gasteiger partial charge in [-0.3, -0.25) is 9.59 Å². The highest BCUT2D eigenvalue weighted by molar-refractivity contribution is 6.30. The van der Waals surface area contributed by atoms with Crippen molar-refractivity contribution in [2.45, 2.75) is 32.6 Å². The largest absolute Gasteiger partial charge is 0.300 e. The van der Waals surface area contributed by atoms with E-state index < -0.39 is 0 Å². The van der Waals surface area contributed by atoms with Gasteiger partial charge in [0.15, 0.2) is 0 Å². The van der Waals surface area contributed by atoms with E-state index in [9.17, 15) is 9.59 Å². The second kappa shape index (κ2) is 5.80. The molecule has 0 aliphatic heterocycles. The number of carbonyl (C=O) groups is 2. The van der Waals surface area contributed by atoms with E-state index in [-0.39, 0.29) is 23.9 Å². The van der Waals surface area contributed by atoms with Crippen molar-refractivity contribution in [3.8, 4) is 0 Å². The fourth-order valence-corrected chi connectivity index (χ4v) is 1.77. The maximum absolute atomic E-state index is 11.7. The zero-order valence-corrected chi connectivity index (χ0v) is 10.3. The van der Waals surface area contributed by atoms with Crippen molar-refractivity contribution >= 4 is 23.2 Å². The van der Waals surface area contributed by atoms with Gasteiger partial charge in [0, 0.05) is 23.8 Å². The molecule has 0 amide bonds.